The molecule has 4 aromatic rings. The molecule has 0 aliphatic rings. The number of aryl methyl sites for hydroxylation is 2. The van der Waals surface area contributed by atoms with Gasteiger partial charge < -0.3 is 10.1 Å². The summed E-state index contributed by atoms with van der Waals surface area (Å²) in [5.74, 6) is 0.637. The lowest BCUT2D eigenvalue weighted by Gasteiger charge is -2.12. The second-order valence-electron chi connectivity index (χ2n) is 7.56. The smallest absolute Gasteiger partial charge is 0.282 e. The van der Waals surface area contributed by atoms with Crippen molar-refractivity contribution in [3.63, 3.8) is 0 Å². The Kier molecular flexibility index (Phi) is 6.79. The fraction of sp³-hybridized carbons (Fsp3) is 0.250. The molecule has 2 aromatic carbocycles. The summed E-state index contributed by atoms with van der Waals surface area (Å²) in [5, 5.41) is 7.71. The van der Waals surface area contributed by atoms with Gasteiger partial charge in [-0.15, -0.1) is 0 Å². The highest BCUT2D eigenvalue weighted by Gasteiger charge is 2.16. The molecule has 0 aliphatic heterocycles. The van der Waals surface area contributed by atoms with Gasteiger partial charge >= 0.3 is 0 Å². The Labute approximate surface area is 195 Å². The number of rotatable bonds is 8. The average Bonchev–Trinajstić information content (AvgIpc) is 3.25. The summed E-state index contributed by atoms with van der Waals surface area (Å²) < 4.78 is 8.42. The van der Waals surface area contributed by atoms with E-state index in [1.54, 1.807) is 46.8 Å². The molecule has 1 amide bonds. The Morgan fingerprint density at radius 2 is 1.85 bits per heavy atom. The number of hydrogen-bond acceptors (Lipinski definition) is 6. The lowest BCUT2D eigenvalue weighted by molar-refractivity contribution is -0.113. The third-order valence-electron chi connectivity index (χ3n) is 5.13. The third kappa shape index (κ3) is 5.25. The molecule has 0 bridgehead atoms. The van der Waals surface area contributed by atoms with Crippen LogP contribution < -0.4 is 15.6 Å². The first-order valence-corrected chi connectivity index (χ1v) is 11.6. The highest BCUT2D eigenvalue weighted by atomic mass is 32.2. The Balaban J connectivity index is 1.59. The van der Waals surface area contributed by atoms with Gasteiger partial charge in [0, 0.05) is 12.2 Å². The number of ether oxygens (including phenoxy) is 1. The molecular weight excluding hydrogens is 438 g/mol. The van der Waals surface area contributed by atoms with Gasteiger partial charge in [0.2, 0.25) is 5.91 Å². The van der Waals surface area contributed by atoms with E-state index in [4.69, 9.17) is 4.74 Å². The number of nitrogens with one attached hydrogen (secondary N) is 1. The van der Waals surface area contributed by atoms with E-state index in [0.29, 0.717) is 40.7 Å². The molecular formula is C24H25N5O3S. The maximum Gasteiger partial charge on any atom is 0.282 e. The van der Waals surface area contributed by atoms with Crippen LogP contribution in [-0.2, 0) is 17.9 Å². The molecule has 0 fully saturated rings. The van der Waals surface area contributed by atoms with Gasteiger partial charge in [0.1, 0.15) is 11.3 Å². The van der Waals surface area contributed by atoms with E-state index >= 15 is 0 Å². The number of nitrogens with zero attached hydrogens (tertiary/aromatic N) is 4. The van der Waals surface area contributed by atoms with Gasteiger partial charge in [-0.3, -0.25) is 18.8 Å². The van der Waals surface area contributed by atoms with Crippen molar-refractivity contribution in [3.8, 4) is 5.75 Å². The Morgan fingerprint density at radius 3 is 2.52 bits per heavy atom. The van der Waals surface area contributed by atoms with Crippen LogP contribution in [0.2, 0.25) is 0 Å². The van der Waals surface area contributed by atoms with Crippen LogP contribution in [0.25, 0.3) is 11.0 Å². The molecule has 0 aliphatic carbocycles. The molecule has 4 rings (SSSR count). The van der Waals surface area contributed by atoms with E-state index < -0.39 is 0 Å². The van der Waals surface area contributed by atoms with Crippen LogP contribution in [0.15, 0.2) is 64.7 Å². The van der Waals surface area contributed by atoms with Crippen LogP contribution in [0.5, 0.6) is 5.75 Å². The number of methoxy groups -OCH3 is 1. The number of amides is 1. The highest BCUT2D eigenvalue weighted by molar-refractivity contribution is 7.99. The number of carbonyl (C=O) groups is 1. The van der Waals surface area contributed by atoms with Crippen molar-refractivity contribution < 1.29 is 9.53 Å². The molecule has 0 atom stereocenters. The highest BCUT2D eigenvalue weighted by Crippen LogP contribution is 2.20. The van der Waals surface area contributed by atoms with Crippen molar-refractivity contribution in [2.45, 2.75) is 32.1 Å². The van der Waals surface area contributed by atoms with Gasteiger partial charge in [-0.25, -0.2) is 4.98 Å². The minimum atomic E-state index is -0.217. The van der Waals surface area contributed by atoms with Gasteiger partial charge in [0.05, 0.1) is 25.6 Å². The van der Waals surface area contributed by atoms with Crippen molar-refractivity contribution in [3.05, 3.63) is 76.2 Å². The van der Waals surface area contributed by atoms with Gasteiger partial charge in [0.25, 0.3) is 5.56 Å². The number of carbonyl (C=O) groups excluding carboxylic acids is 1. The quantitative estimate of drug-likeness (QED) is 0.316. The molecule has 0 saturated heterocycles. The molecule has 0 radical (unpaired) electrons. The number of thioether (sulfide) groups is 1. The summed E-state index contributed by atoms with van der Waals surface area (Å²) in [7, 11) is 1.59. The fourth-order valence-electron chi connectivity index (χ4n) is 3.31. The molecule has 0 spiro atoms. The minimum Gasteiger partial charge on any atom is -0.497 e. The van der Waals surface area contributed by atoms with E-state index in [2.05, 4.69) is 15.4 Å². The Morgan fingerprint density at radius 1 is 1.12 bits per heavy atom. The van der Waals surface area contributed by atoms with Crippen molar-refractivity contribution >= 4 is 34.4 Å². The summed E-state index contributed by atoms with van der Waals surface area (Å²) in [6.45, 7) is 4.96. The minimum absolute atomic E-state index is 0.111. The van der Waals surface area contributed by atoms with Gasteiger partial charge in [-0.05, 0) is 43.7 Å². The molecule has 1 N–H and O–H groups in total. The first kappa shape index (κ1) is 22.6. The first-order chi connectivity index (χ1) is 16.0. The summed E-state index contributed by atoms with van der Waals surface area (Å²) in [6, 6.07) is 15.1. The molecule has 9 heteroatoms. The van der Waals surface area contributed by atoms with Crippen LogP contribution in [0.4, 0.5) is 5.69 Å². The monoisotopic (exact) mass is 463 g/mol. The van der Waals surface area contributed by atoms with E-state index in [9.17, 15) is 9.59 Å². The molecule has 0 saturated carbocycles. The zero-order valence-corrected chi connectivity index (χ0v) is 19.6. The predicted octanol–water partition coefficient (Wildman–Crippen LogP) is 3.71. The van der Waals surface area contributed by atoms with E-state index in [0.717, 1.165) is 11.1 Å². The number of aromatic nitrogens is 4. The molecule has 8 nitrogen and oxygen atoms in total. The molecule has 2 heterocycles. The molecule has 33 heavy (non-hydrogen) atoms. The van der Waals surface area contributed by atoms with Crippen LogP contribution in [0, 0.1) is 6.92 Å². The lowest BCUT2D eigenvalue weighted by atomic mass is 10.1. The van der Waals surface area contributed by atoms with Gasteiger partial charge in [-0.2, -0.15) is 5.10 Å². The topological polar surface area (TPSA) is 91.0 Å². The fourth-order valence-corrected chi connectivity index (χ4v) is 4.11. The maximum absolute atomic E-state index is 13.3. The maximum atomic E-state index is 13.3. The Bertz CT molecular complexity index is 1330. The van der Waals surface area contributed by atoms with Crippen molar-refractivity contribution in [1.82, 2.24) is 19.3 Å². The Hall–Kier alpha value is -3.59. The van der Waals surface area contributed by atoms with Crippen molar-refractivity contribution in [2.75, 3.05) is 18.2 Å². The largest absolute Gasteiger partial charge is 0.497 e. The standard InChI is InChI=1S/C24H25N5O3S/c1-4-28-14-20-22(27-28)23(31)29(13-17-7-5-16(2)6-8-17)24(26-20)33-15-21(30)25-18-9-11-19(32-3)12-10-18/h5-12,14H,4,13,15H2,1-3H3,(H,25,30). The lowest BCUT2D eigenvalue weighted by Crippen LogP contribution is -2.25. The number of benzene rings is 2. The summed E-state index contributed by atoms with van der Waals surface area (Å²) in [5.41, 5.74) is 3.43. The molecule has 170 valence electrons. The summed E-state index contributed by atoms with van der Waals surface area (Å²) >= 11 is 1.23. The van der Waals surface area contributed by atoms with Gasteiger partial charge in [-0.1, -0.05) is 41.6 Å². The van der Waals surface area contributed by atoms with Crippen LogP contribution in [0.1, 0.15) is 18.1 Å². The third-order valence-corrected chi connectivity index (χ3v) is 6.10. The van der Waals surface area contributed by atoms with Crippen molar-refractivity contribution in [2.24, 2.45) is 0 Å². The normalized spacial score (nSPS) is 11.0. The average molecular weight is 464 g/mol. The zero-order chi connectivity index (χ0) is 23.4. The van der Waals surface area contributed by atoms with Gasteiger partial charge in [0.15, 0.2) is 10.7 Å². The van der Waals surface area contributed by atoms with Crippen LogP contribution in [0.3, 0.4) is 0 Å². The van der Waals surface area contributed by atoms with E-state index in [1.807, 2.05) is 38.1 Å². The SMILES string of the molecule is CCn1cc2nc(SCC(=O)Nc3ccc(OC)cc3)n(Cc3ccc(C)cc3)c(=O)c2n1. The van der Waals surface area contributed by atoms with E-state index in [1.165, 1.54) is 11.8 Å². The first-order valence-electron chi connectivity index (χ1n) is 10.6. The van der Waals surface area contributed by atoms with E-state index in [-0.39, 0.29) is 17.2 Å². The predicted molar refractivity (Wildman–Crippen MR) is 130 cm³/mol. The van der Waals surface area contributed by atoms with Crippen LogP contribution >= 0.6 is 11.8 Å². The molecule has 0 unspecified atom stereocenters. The molecule has 2 aromatic heterocycles. The summed E-state index contributed by atoms with van der Waals surface area (Å²) in [4.78, 5) is 30.5. The number of hydrogen-bond donors (Lipinski definition) is 1. The van der Waals surface area contributed by atoms with Crippen LogP contribution in [-0.4, -0.2) is 38.1 Å². The second kappa shape index (κ2) is 9.91. The second-order valence-corrected chi connectivity index (χ2v) is 8.50. The number of fused-ring (bicyclic) bond motifs is 1. The zero-order valence-electron chi connectivity index (χ0n) is 18.7. The number of anilines is 1. The van der Waals surface area contributed by atoms with Crippen molar-refractivity contribution in [1.29, 1.82) is 0 Å². The summed E-state index contributed by atoms with van der Waals surface area (Å²) in [6.07, 6.45) is 1.76.